The van der Waals surface area contributed by atoms with Gasteiger partial charge in [-0.05, 0) is 72.9 Å². The van der Waals surface area contributed by atoms with Gasteiger partial charge in [-0.2, -0.15) is 4.31 Å². The lowest BCUT2D eigenvalue weighted by Crippen LogP contribution is -2.48. The number of anilines is 2. The van der Waals surface area contributed by atoms with Gasteiger partial charge in [-0.15, -0.1) is 0 Å². The molecule has 0 saturated carbocycles. The van der Waals surface area contributed by atoms with Crippen molar-refractivity contribution in [2.75, 3.05) is 42.7 Å². The highest BCUT2D eigenvalue weighted by Gasteiger charge is 2.23. The number of piperazine rings is 1. The van der Waals surface area contributed by atoms with Crippen LogP contribution in [0, 0.1) is 0 Å². The van der Waals surface area contributed by atoms with E-state index in [1.54, 1.807) is 24.3 Å². The summed E-state index contributed by atoms with van der Waals surface area (Å²) in [6.07, 6.45) is 1.23. The van der Waals surface area contributed by atoms with Gasteiger partial charge in [0.2, 0.25) is 10.0 Å². The minimum atomic E-state index is -3.16. The molecule has 34 heavy (non-hydrogen) atoms. The van der Waals surface area contributed by atoms with Crippen LogP contribution in [0.5, 0.6) is 0 Å². The Balaban J connectivity index is 1.30. The van der Waals surface area contributed by atoms with Crippen LogP contribution in [-0.4, -0.2) is 56.2 Å². The standard InChI is InChI=1S/C23H23ClN4O4S2/c1-34(30,31)28-14-12-27(13-15-28)19-8-6-18(7-9-19)25-23(33)26-22(29)21-11-10-20(32-21)16-2-4-17(24)5-3-16/h2-11H,12-15H2,1H3,(H2,25,26,29,33). The van der Waals surface area contributed by atoms with Crippen molar-refractivity contribution in [3.8, 4) is 11.3 Å². The van der Waals surface area contributed by atoms with E-state index in [2.05, 4.69) is 15.5 Å². The van der Waals surface area contributed by atoms with Crippen molar-refractivity contribution < 1.29 is 17.6 Å². The quantitative estimate of drug-likeness (QED) is 0.496. The Labute approximate surface area is 208 Å². The number of nitrogens with one attached hydrogen (secondary N) is 2. The fourth-order valence-electron chi connectivity index (χ4n) is 3.59. The highest BCUT2D eigenvalue weighted by atomic mass is 35.5. The second-order valence-corrected chi connectivity index (χ2v) is 10.6. The Morgan fingerprint density at radius 1 is 0.971 bits per heavy atom. The predicted molar refractivity (Wildman–Crippen MR) is 138 cm³/mol. The van der Waals surface area contributed by atoms with Crippen molar-refractivity contribution in [3.05, 3.63) is 71.4 Å². The number of sulfonamides is 1. The molecule has 1 fully saturated rings. The fourth-order valence-corrected chi connectivity index (χ4v) is 4.75. The van der Waals surface area contributed by atoms with Gasteiger partial charge >= 0.3 is 0 Å². The normalized spacial score (nSPS) is 14.6. The van der Waals surface area contributed by atoms with Crippen LogP contribution in [0.4, 0.5) is 11.4 Å². The lowest BCUT2D eigenvalue weighted by molar-refractivity contribution is 0.0951. The van der Waals surface area contributed by atoms with Crippen LogP contribution in [0.2, 0.25) is 5.02 Å². The van der Waals surface area contributed by atoms with E-state index >= 15 is 0 Å². The maximum atomic E-state index is 12.5. The highest BCUT2D eigenvalue weighted by Crippen LogP contribution is 2.24. The number of hydrogen-bond donors (Lipinski definition) is 2. The van der Waals surface area contributed by atoms with Crippen LogP contribution < -0.4 is 15.5 Å². The first-order valence-electron chi connectivity index (χ1n) is 10.5. The van der Waals surface area contributed by atoms with Crippen molar-refractivity contribution in [3.63, 3.8) is 0 Å². The van der Waals surface area contributed by atoms with Gasteiger partial charge in [0, 0.05) is 48.1 Å². The van der Waals surface area contributed by atoms with Crippen molar-refractivity contribution in [2.24, 2.45) is 0 Å². The maximum Gasteiger partial charge on any atom is 0.293 e. The molecule has 0 unspecified atom stereocenters. The smallest absolute Gasteiger partial charge is 0.293 e. The average molecular weight is 519 g/mol. The molecule has 2 N–H and O–H groups in total. The number of carbonyl (C=O) groups excluding carboxylic acids is 1. The fraction of sp³-hybridized carbons (Fsp3) is 0.217. The summed E-state index contributed by atoms with van der Waals surface area (Å²) in [5.41, 5.74) is 2.51. The summed E-state index contributed by atoms with van der Waals surface area (Å²) in [6.45, 7) is 2.16. The molecule has 1 amide bonds. The molecule has 2 aromatic carbocycles. The number of halogens is 1. The SMILES string of the molecule is CS(=O)(=O)N1CCN(c2ccc(NC(=S)NC(=O)c3ccc(-c4ccc(Cl)cc4)o3)cc2)CC1. The van der Waals surface area contributed by atoms with E-state index < -0.39 is 15.9 Å². The van der Waals surface area contributed by atoms with Gasteiger partial charge in [0.1, 0.15) is 5.76 Å². The zero-order valence-corrected chi connectivity index (χ0v) is 20.7. The van der Waals surface area contributed by atoms with Crippen molar-refractivity contribution in [1.29, 1.82) is 0 Å². The molecular weight excluding hydrogens is 496 g/mol. The topological polar surface area (TPSA) is 94.9 Å². The Kier molecular flexibility index (Phi) is 7.22. The lowest BCUT2D eigenvalue weighted by Gasteiger charge is -2.34. The molecule has 1 aromatic heterocycles. The Hall–Kier alpha value is -2.92. The molecule has 3 aromatic rings. The third-order valence-electron chi connectivity index (χ3n) is 5.38. The average Bonchev–Trinajstić information content (AvgIpc) is 3.30. The second kappa shape index (κ2) is 10.1. The lowest BCUT2D eigenvalue weighted by atomic mass is 10.2. The molecule has 0 radical (unpaired) electrons. The molecule has 11 heteroatoms. The summed E-state index contributed by atoms with van der Waals surface area (Å²) in [6, 6.07) is 18.0. The number of thiocarbonyl (C=S) groups is 1. The van der Waals surface area contributed by atoms with Gasteiger partial charge in [0.15, 0.2) is 10.9 Å². The molecule has 4 rings (SSSR count). The van der Waals surface area contributed by atoms with Gasteiger partial charge in [0.25, 0.3) is 5.91 Å². The van der Waals surface area contributed by atoms with E-state index in [4.69, 9.17) is 28.2 Å². The number of benzene rings is 2. The zero-order chi connectivity index (χ0) is 24.3. The van der Waals surface area contributed by atoms with Gasteiger partial charge in [0.05, 0.1) is 6.26 Å². The Morgan fingerprint density at radius 2 is 1.62 bits per heavy atom. The number of amides is 1. The summed E-state index contributed by atoms with van der Waals surface area (Å²) in [4.78, 5) is 14.6. The van der Waals surface area contributed by atoms with E-state index in [0.29, 0.717) is 42.6 Å². The van der Waals surface area contributed by atoms with Crippen molar-refractivity contribution in [1.82, 2.24) is 9.62 Å². The number of hydrogen-bond acceptors (Lipinski definition) is 6. The Bertz CT molecular complexity index is 1280. The third kappa shape index (κ3) is 5.95. The van der Waals surface area contributed by atoms with E-state index in [0.717, 1.165) is 11.3 Å². The minimum Gasteiger partial charge on any atom is -0.451 e. The van der Waals surface area contributed by atoms with Crippen LogP contribution in [0.1, 0.15) is 10.6 Å². The molecule has 0 atom stereocenters. The van der Waals surface area contributed by atoms with Crippen molar-refractivity contribution in [2.45, 2.75) is 0 Å². The monoisotopic (exact) mass is 518 g/mol. The van der Waals surface area contributed by atoms with Crippen LogP contribution in [0.15, 0.2) is 65.1 Å². The molecule has 1 aliphatic heterocycles. The summed E-state index contributed by atoms with van der Waals surface area (Å²) in [5, 5.41) is 6.35. The van der Waals surface area contributed by atoms with Crippen molar-refractivity contribution >= 4 is 56.2 Å². The Morgan fingerprint density at radius 3 is 2.24 bits per heavy atom. The number of carbonyl (C=O) groups is 1. The molecule has 1 saturated heterocycles. The summed E-state index contributed by atoms with van der Waals surface area (Å²) in [7, 11) is -3.16. The molecule has 178 valence electrons. The highest BCUT2D eigenvalue weighted by molar-refractivity contribution is 7.88. The van der Waals surface area contributed by atoms with Crippen LogP contribution in [-0.2, 0) is 10.0 Å². The first kappa shape index (κ1) is 24.2. The van der Waals surface area contributed by atoms with E-state index in [1.807, 2.05) is 36.4 Å². The van der Waals surface area contributed by atoms with Crippen LogP contribution in [0.25, 0.3) is 11.3 Å². The summed E-state index contributed by atoms with van der Waals surface area (Å²) >= 11 is 11.2. The largest absolute Gasteiger partial charge is 0.451 e. The first-order valence-corrected chi connectivity index (χ1v) is 13.1. The molecule has 2 heterocycles. The predicted octanol–water partition coefficient (Wildman–Crippen LogP) is 3.81. The van der Waals surface area contributed by atoms with Gasteiger partial charge in [-0.1, -0.05) is 11.6 Å². The van der Waals surface area contributed by atoms with Gasteiger partial charge in [-0.25, -0.2) is 8.42 Å². The molecular formula is C23H23ClN4O4S2. The van der Waals surface area contributed by atoms with Crippen LogP contribution in [0.3, 0.4) is 0 Å². The van der Waals surface area contributed by atoms with Gasteiger partial charge in [-0.3, -0.25) is 10.1 Å². The zero-order valence-electron chi connectivity index (χ0n) is 18.3. The van der Waals surface area contributed by atoms with Crippen LogP contribution >= 0.6 is 23.8 Å². The summed E-state index contributed by atoms with van der Waals surface area (Å²) in [5.74, 6) is 0.226. The van der Waals surface area contributed by atoms with E-state index in [9.17, 15) is 13.2 Å². The number of furan rings is 1. The second-order valence-electron chi connectivity index (χ2n) is 7.77. The third-order valence-corrected chi connectivity index (χ3v) is 7.14. The number of nitrogens with zero attached hydrogens (tertiary/aromatic N) is 2. The molecule has 0 spiro atoms. The molecule has 1 aliphatic rings. The number of rotatable bonds is 5. The summed E-state index contributed by atoms with van der Waals surface area (Å²) < 4.78 is 30.5. The minimum absolute atomic E-state index is 0.137. The van der Waals surface area contributed by atoms with Gasteiger partial charge < -0.3 is 14.6 Å². The maximum absolute atomic E-state index is 12.5. The first-order chi connectivity index (χ1) is 16.2. The van der Waals surface area contributed by atoms with E-state index in [-0.39, 0.29) is 10.9 Å². The molecule has 0 bridgehead atoms. The van der Waals surface area contributed by atoms with E-state index in [1.165, 1.54) is 10.6 Å². The molecule has 8 nitrogen and oxygen atoms in total. The molecule has 0 aliphatic carbocycles.